The van der Waals surface area contributed by atoms with Gasteiger partial charge in [0.05, 0.1) is 0 Å². The van der Waals surface area contributed by atoms with Crippen LogP contribution in [0.4, 0.5) is 0 Å². The lowest BCUT2D eigenvalue weighted by Gasteiger charge is -2.41. The monoisotopic (exact) mass is 244 g/mol. The summed E-state index contributed by atoms with van der Waals surface area (Å²) in [5.41, 5.74) is 0.965. The first-order valence-electron chi connectivity index (χ1n) is 6.72. The largest absolute Gasteiger partial charge is 0.154 e. The van der Waals surface area contributed by atoms with E-state index >= 15 is 0 Å². The van der Waals surface area contributed by atoms with Gasteiger partial charge in [-0.2, -0.15) is 12.2 Å². The number of hydrogen-bond donors (Lipinski definition) is 1. The third-order valence-corrected chi connectivity index (χ3v) is 6.76. The molecular weight excluding hydrogens is 219 g/mol. The molecule has 0 bridgehead atoms. The molecule has 0 aromatic rings. The molecule has 2 saturated carbocycles. The van der Waals surface area contributed by atoms with Gasteiger partial charge in [0.15, 0.2) is 0 Å². The molecule has 15 heavy (non-hydrogen) atoms. The molecule has 0 aromatic heterocycles. The van der Waals surface area contributed by atoms with E-state index in [0.717, 1.165) is 31.2 Å². The van der Waals surface area contributed by atoms with Crippen molar-refractivity contribution in [3.63, 3.8) is 0 Å². The van der Waals surface area contributed by atoms with E-state index in [2.05, 4.69) is 19.2 Å². The third kappa shape index (κ3) is 2.91. The van der Waals surface area contributed by atoms with Crippen LogP contribution in [0.15, 0.2) is 0 Å². The predicted octanol–water partition coefficient (Wildman–Crippen LogP) is 4.89. The summed E-state index contributed by atoms with van der Waals surface area (Å²) in [6.07, 6.45) is 11.9. The second kappa shape index (κ2) is 5.92. The Kier molecular flexibility index (Phi) is 4.83. The summed E-state index contributed by atoms with van der Waals surface area (Å²) in [6, 6.07) is 0. The highest BCUT2D eigenvalue weighted by Gasteiger charge is 2.34. The molecule has 0 amide bonds. The Labute approximate surface area is 102 Å². The van der Waals surface area contributed by atoms with E-state index in [1.54, 1.807) is 0 Å². The quantitative estimate of drug-likeness (QED) is 0.518. The number of rotatable bonds is 2. The zero-order valence-electron chi connectivity index (χ0n) is 9.91. The molecule has 2 aliphatic carbocycles. The molecule has 2 heteroatoms. The van der Waals surface area contributed by atoms with E-state index in [4.69, 9.17) is 0 Å². The fourth-order valence-corrected chi connectivity index (χ4v) is 5.71. The van der Waals surface area contributed by atoms with Gasteiger partial charge >= 0.3 is 0 Å². The zero-order valence-corrected chi connectivity index (χ0v) is 11.8. The highest BCUT2D eigenvalue weighted by molar-refractivity contribution is 8.38. The average Bonchev–Trinajstić information content (AvgIpc) is 2.30. The lowest BCUT2D eigenvalue weighted by atomic mass is 9.68. The van der Waals surface area contributed by atoms with Gasteiger partial charge in [0.25, 0.3) is 0 Å². The van der Waals surface area contributed by atoms with Crippen molar-refractivity contribution in [1.82, 2.24) is 0 Å². The molecule has 0 aliphatic heterocycles. The molecule has 0 spiro atoms. The molecule has 0 radical (unpaired) electrons. The van der Waals surface area contributed by atoms with Gasteiger partial charge in [-0.15, -0.1) is 0 Å². The maximum absolute atomic E-state index is 4.60. The second-order valence-corrected chi connectivity index (χ2v) is 7.38. The van der Waals surface area contributed by atoms with Crippen molar-refractivity contribution in [2.75, 3.05) is 0 Å². The van der Waals surface area contributed by atoms with Gasteiger partial charge in [0.2, 0.25) is 0 Å². The fourth-order valence-electron chi connectivity index (χ4n) is 3.81. The minimum Gasteiger partial charge on any atom is -0.154 e. The van der Waals surface area contributed by atoms with E-state index < -0.39 is 0 Å². The van der Waals surface area contributed by atoms with Crippen LogP contribution in [0.5, 0.6) is 0 Å². The Morgan fingerprint density at radius 2 is 1.47 bits per heavy atom. The minimum atomic E-state index is 0.896. The zero-order chi connectivity index (χ0) is 10.7. The standard InChI is InChI=1S/C13H25PS/c1-10-6-2-3-7-11(10)12-8-4-5-9-13(12)14-15/h10-15H,2-9H2,1H3. The molecule has 0 heterocycles. The van der Waals surface area contributed by atoms with Crippen molar-refractivity contribution in [2.45, 2.75) is 63.9 Å². The van der Waals surface area contributed by atoms with E-state index in [-0.39, 0.29) is 0 Å². The summed E-state index contributed by atoms with van der Waals surface area (Å²) in [5.74, 6) is 3.07. The fraction of sp³-hybridized carbons (Fsp3) is 1.00. The number of thiol groups is 1. The average molecular weight is 244 g/mol. The van der Waals surface area contributed by atoms with Gasteiger partial charge in [-0.25, -0.2) is 0 Å². The van der Waals surface area contributed by atoms with E-state index in [1.165, 1.54) is 51.4 Å². The van der Waals surface area contributed by atoms with Crippen molar-refractivity contribution in [3.05, 3.63) is 0 Å². The summed E-state index contributed by atoms with van der Waals surface area (Å²) < 4.78 is 0. The van der Waals surface area contributed by atoms with Crippen molar-refractivity contribution < 1.29 is 0 Å². The Morgan fingerprint density at radius 3 is 2.13 bits per heavy atom. The summed E-state index contributed by atoms with van der Waals surface area (Å²) in [5, 5.41) is 0. The third-order valence-electron chi connectivity index (χ3n) is 4.71. The molecule has 0 aromatic carbocycles. The van der Waals surface area contributed by atoms with Crippen molar-refractivity contribution >= 4 is 20.0 Å². The topological polar surface area (TPSA) is 0 Å². The summed E-state index contributed by atoms with van der Waals surface area (Å²) in [4.78, 5) is 0. The van der Waals surface area contributed by atoms with E-state index in [9.17, 15) is 0 Å². The summed E-state index contributed by atoms with van der Waals surface area (Å²) in [6.45, 7) is 2.50. The van der Waals surface area contributed by atoms with Gasteiger partial charge in [0, 0.05) is 0 Å². The number of hydrogen-bond acceptors (Lipinski definition) is 1. The lowest BCUT2D eigenvalue weighted by Crippen LogP contribution is -2.33. The van der Waals surface area contributed by atoms with Crippen LogP contribution in [0.25, 0.3) is 0 Å². The Bertz CT molecular complexity index is 195. The van der Waals surface area contributed by atoms with Crippen molar-refractivity contribution in [1.29, 1.82) is 0 Å². The Hall–Kier alpha value is 0.780. The molecule has 0 saturated heterocycles. The first kappa shape index (κ1) is 12.2. The lowest BCUT2D eigenvalue weighted by molar-refractivity contribution is 0.144. The van der Waals surface area contributed by atoms with Gasteiger partial charge in [0.1, 0.15) is 0 Å². The van der Waals surface area contributed by atoms with Gasteiger partial charge in [-0.1, -0.05) is 46.8 Å². The van der Waals surface area contributed by atoms with Crippen LogP contribution in [0, 0.1) is 17.8 Å². The maximum atomic E-state index is 4.60. The maximum Gasteiger partial charge on any atom is -0.0116 e. The summed E-state index contributed by atoms with van der Waals surface area (Å²) >= 11 is 4.60. The van der Waals surface area contributed by atoms with Crippen LogP contribution in [0.2, 0.25) is 0 Å². The predicted molar refractivity (Wildman–Crippen MR) is 74.2 cm³/mol. The van der Waals surface area contributed by atoms with Crippen molar-refractivity contribution in [3.8, 4) is 0 Å². The van der Waals surface area contributed by atoms with Crippen LogP contribution < -0.4 is 0 Å². The molecule has 2 aliphatic rings. The second-order valence-electron chi connectivity index (χ2n) is 5.61. The normalized spacial score (nSPS) is 43.6. The molecule has 88 valence electrons. The van der Waals surface area contributed by atoms with E-state index in [0.29, 0.717) is 0 Å². The van der Waals surface area contributed by atoms with Crippen LogP contribution in [-0.2, 0) is 0 Å². The summed E-state index contributed by atoms with van der Waals surface area (Å²) in [7, 11) is 0.896. The van der Waals surface area contributed by atoms with Crippen LogP contribution >= 0.6 is 20.0 Å². The molecule has 2 rings (SSSR count). The molecule has 5 atom stereocenters. The Morgan fingerprint density at radius 1 is 0.867 bits per heavy atom. The molecular formula is C13H25PS. The first-order chi connectivity index (χ1) is 7.33. The first-order valence-corrected chi connectivity index (χ1v) is 9.09. The van der Waals surface area contributed by atoms with Gasteiger partial charge in [-0.3, -0.25) is 0 Å². The van der Waals surface area contributed by atoms with Crippen LogP contribution in [0.3, 0.4) is 0 Å². The molecule has 2 fully saturated rings. The van der Waals surface area contributed by atoms with Gasteiger partial charge < -0.3 is 0 Å². The smallest absolute Gasteiger partial charge is 0.0116 e. The van der Waals surface area contributed by atoms with E-state index in [1.807, 2.05) is 0 Å². The highest BCUT2D eigenvalue weighted by atomic mass is 32.7. The SMILES string of the molecule is CC1CCCCC1C1CCCCC1PS. The van der Waals surface area contributed by atoms with Crippen LogP contribution in [0.1, 0.15) is 58.3 Å². The molecule has 5 unspecified atom stereocenters. The molecule has 0 N–H and O–H groups in total. The van der Waals surface area contributed by atoms with Gasteiger partial charge in [-0.05, 0) is 42.7 Å². The Balaban J connectivity index is 1.99. The van der Waals surface area contributed by atoms with Crippen LogP contribution in [-0.4, -0.2) is 5.66 Å². The minimum absolute atomic E-state index is 0.896. The molecule has 0 nitrogen and oxygen atoms in total. The highest BCUT2D eigenvalue weighted by Crippen LogP contribution is 2.47. The van der Waals surface area contributed by atoms with Crippen molar-refractivity contribution in [2.24, 2.45) is 17.8 Å².